The Bertz CT molecular complexity index is 598. The van der Waals surface area contributed by atoms with Crippen LogP contribution in [0.15, 0.2) is 36.9 Å². The van der Waals surface area contributed by atoms with E-state index in [-0.39, 0.29) is 30.3 Å². The van der Waals surface area contributed by atoms with Gasteiger partial charge in [-0.15, -0.1) is 6.58 Å². The molecule has 0 aromatic heterocycles. The molecule has 1 aromatic carbocycles. The van der Waals surface area contributed by atoms with Crippen LogP contribution < -0.4 is 10.1 Å². The van der Waals surface area contributed by atoms with E-state index in [2.05, 4.69) is 11.9 Å². The number of amides is 2. The first-order valence-corrected chi connectivity index (χ1v) is 8.30. The Morgan fingerprint density at radius 1 is 1.28 bits per heavy atom. The number of benzene rings is 1. The maximum absolute atomic E-state index is 12.8. The highest BCUT2D eigenvalue weighted by atomic mass is 19.1. The van der Waals surface area contributed by atoms with Crippen molar-refractivity contribution >= 4 is 11.8 Å². The topological polar surface area (TPSA) is 61.9 Å². The number of hydrogen-bond donors (Lipinski definition) is 1. The van der Waals surface area contributed by atoms with Crippen LogP contribution in [-0.4, -0.2) is 67.0 Å². The Morgan fingerprint density at radius 2 is 1.92 bits per heavy atom. The molecule has 2 amide bonds. The summed E-state index contributed by atoms with van der Waals surface area (Å²) in [4.78, 5) is 27.9. The predicted octanol–water partition coefficient (Wildman–Crippen LogP) is 1.04. The van der Waals surface area contributed by atoms with Crippen molar-refractivity contribution in [1.82, 2.24) is 15.1 Å². The van der Waals surface area contributed by atoms with E-state index in [0.717, 1.165) is 0 Å². The van der Waals surface area contributed by atoms with Gasteiger partial charge in [0.05, 0.1) is 6.04 Å². The lowest BCUT2D eigenvalue weighted by atomic mass is 10.2. The summed E-state index contributed by atoms with van der Waals surface area (Å²) in [5.41, 5.74) is 0. The van der Waals surface area contributed by atoms with Crippen molar-refractivity contribution in [2.45, 2.75) is 13.0 Å². The number of rotatable bonds is 7. The molecular weight excluding hydrogens is 325 g/mol. The van der Waals surface area contributed by atoms with Crippen molar-refractivity contribution in [3.05, 3.63) is 42.7 Å². The maximum atomic E-state index is 12.8. The van der Waals surface area contributed by atoms with Gasteiger partial charge < -0.3 is 15.0 Å². The Balaban J connectivity index is 1.75. The van der Waals surface area contributed by atoms with Gasteiger partial charge in [-0.1, -0.05) is 6.08 Å². The van der Waals surface area contributed by atoms with Gasteiger partial charge in [-0.2, -0.15) is 0 Å². The van der Waals surface area contributed by atoms with E-state index in [1.165, 1.54) is 24.3 Å². The summed E-state index contributed by atoms with van der Waals surface area (Å²) in [6.07, 6.45) is 1.64. The Morgan fingerprint density at radius 3 is 2.52 bits per heavy atom. The quantitative estimate of drug-likeness (QED) is 0.747. The summed E-state index contributed by atoms with van der Waals surface area (Å²) >= 11 is 0. The largest absolute Gasteiger partial charge is 0.484 e. The number of ether oxygens (including phenoxy) is 1. The predicted molar refractivity (Wildman–Crippen MR) is 92.7 cm³/mol. The summed E-state index contributed by atoms with van der Waals surface area (Å²) in [7, 11) is 0. The molecule has 1 fully saturated rings. The number of halogens is 1. The minimum absolute atomic E-state index is 0.0423. The standard InChI is InChI=1S/C18H24FN3O3/c1-3-8-20-18(24)14(2)21-9-11-22(12-10-21)17(23)13-25-16-6-4-15(19)5-7-16/h3-7,14H,1,8-13H2,2H3,(H,20,24). The third kappa shape index (κ3) is 5.56. The van der Waals surface area contributed by atoms with Crippen LogP contribution in [0.4, 0.5) is 4.39 Å². The van der Waals surface area contributed by atoms with Gasteiger partial charge in [-0.05, 0) is 31.2 Å². The van der Waals surface area contributed by atoms with Crippen LogP contribution in [0.25, 0.3) is 0 Å². The highest BCUT2D eigenvalue weighted by Crippen LogP contribution is 2.12. The van der Waals surface area contributed by atoms with Crippen molar-refractivity contribution < 1.29 is 18.7 Å². The number of nitrogens with zero attached hydrogens (tertiary/aromatic N) is 2. The molecule has 1 unspecified atom stereocenters. The molecule has 136 valence electrons. The molecule has 1 aromatic rings. The minimum Gasteiger partial charge on any atom is -0.484 e. The monoisotopic (exact) mass is 349 g/mol. The van der Waals surface area contributed by atoms with E-state index in [1.54, 1.807) is 11.0 Å². The molecule has 1 atom stereocenters. The van der Waals surface area contributed by atoms with Crippen LogP contribution in [0.2, 0.25) is 0 Å². The summed E-state index contributed by atoms with van der Waals surface area (Å²) in [5, 5.41) is 2.78. The van der Waals surface area contributed by atoms with E-state index in [0.29, 0.717) is 38.5 Å². The molecule has 0 spiro atoms. The molecule has 0 bridgehead atoms. The molecule has 0 radical (unpaired) electrons. The molecular formula is C18H24FN3O3. The lowest BCUT2D eigenvalue weighted by Crippen LogP contribution is -2.55. The van der Waals surface area contributed by atoms with Crippen LogP contribution in [0.5, 0.6) is 5.75 Å². The van der Waals surface area contributed by atoms with E-state index in [1.807, 2.05) is 11.8 Å². The Kier molecular flexibility index (Phi) is 6.94. The van der Waals surface area contributed by atoms with Gasteiger partial charge in [0.1, 0.15) is 11.6 Å². The second-order valence-corrected chi connectivity index (χ2v) is 5.87. The third-order valence-electron chi connectivity index (χ3n) is 4.19. The Labute approximate surface area is 147 Å². The van der Waals surface area contributed by atoms with Crippen LogP contribution in [0.1, 0.15) is 6.92 Å². The molecule has 0 aliphatic carbocycles. The molecule has 1 aliphatic heterocycles. The van der Waals surface area contributed by atoms with E-state index in [9.17, 15) is 14.0 Å². The lowest BCUT2D eigenvalue weighted by Gasteiger charge is -2.37. The lowest BCUT2D eigenvalue weighted by molar-refractivity contribution is -0.136. The number of carbonyl (C=O) groups excluding carboxylic acids is 2. The zero-order chi connectivity index (χ0) is 18.2. The summed E-state index contributed by atoms with van der Waals surface area (Å²) in [6, 6.07) is 5.32. The summed E-state index contributed by atoms with van der Waals surface area (Å²) < 4.78 is 18.2. The van der Waals surface area contributed by atoms with Crippen LogP contribution >= 0.6 is 0 Å². The van der Waals surface area contributed by atoms with Crippen molar-refractivity contribution in [1.29, 1.82) is 0 Å². The van der Waals surface area contributed by atoms with Crippen LogP contribution in [0.3, 0.4) is 0 Å². The third-order valence-corrected chi connectivity index (χ3v) is 4.19. The Hall–Kier alpha value is -2.41. The molecule has 0 saturated carbocycles. The average Bonchev–Trinajstić information content (AvgIpc) is 2.65. The number of piperazine rings is 1. The van der Waals surface area contributed by atoms with Crippen molar-refractivity contribution in [3.63, 3.8) is 0 Å². The molecule has 1 heterocycles. The molecule has 25 heavy (non-hydrogen) atoms. The smallest absolute Gasteiger partial charge is 0.260 e. The number of nitrogens with one attached hydrogen (secondary N) is 1. The highest BCUT2D eigenvalue weighted by molar-refractivity contribution is 5.81. The van der Waals surface area contributed by atoms with Gasteiger partial charge in [-0.3, -0.25) is 14.5 Å². The normalized spacial score (nSPS) is 16.2. The van der Waals surface area contributed by atoms with E-state index >= 15 is 0 Å². The molecule has 1 aliphatic rings. The first kappa shape index (κ1) is 18.9. The number of hydrogen-bond acceptors (Lipinski definition) is 4. The second-order valence-electron chi connectivity index (χ2n) is 5.87. The maximum Gasteiger partial charge on any atom is 0.260 e. The van der Waals surface area contributed by atoms with Gasteiger partial charge in [0.25, 0.3) is 5.91 Å². The van der Waals surface area contributed by atoms with Crippen molar-refractivity contribution in [2.24, 2.45) is 0 Å². The SMILES string of the molecule is C=CCNC(=O)C(C)N1CCN(C(=O)COc2ccc(F)cc2)CC1. The summed E-state index contributed by atoms with van der Waals surface area (Å²) in [5.74, 6) is -0.0472. The van der Waals surface area contributed by atoms with E-state index < -0.39 is 0 Å². The fraction of sp³-hybridized carbons (Fsp3) is 0.444. The zero-order valence-corrected chi connectivity index (χ0v) is 14.4. The zero-order valence-electron chi connectivity index (χ0n) is 14.4. The van der Waals surface area contributed by atoms with Crippen LogP contribution in [-0.2, 0) is 9.59 Å². The van der Waals surface area contributed by atoms with Gasteiger partial charge >= 0.3 is 0 Å². The molecule has 6 nitrogen and oxygen atoms in total. The first-order chi connectivity index (χ1) is 12.0. The fourth-order valence-corrected chi connectivity index (χ4v) is 2.61. The van der Waals surface area contributed by atoms with Crippen molar-refractivity contribution in [3.8, 4) is 5.75 Å². The average molecular weight is 349 g/mol. The molecule has 7 heteroatoms. The second kappa shape index (κ2) is 9.17. The summed E-state index contributed by atoms with van der Waals surface area (Å²) in [6.45, 7) is 8.15. The first-order valence-electron chi connectivity index (χ1n) is 8.30. The molecule has 2 rings (SSSR count). The van der Waals surface area contributed by atoms with Gasteiger partial charge in [0, 0.05) is 32.7 Å². The minimum atomic E-state index is -0.346. The van der Waals surface area contributed by atoms with Gasteiger partial charge in [-0.25, -0.2) is 4.39 Å². The number of carbonyl (C=O) groups is 2. The highest BCUT2D eigenvalue weighted by Gasteiger charge is 2.27. The molecule has 1 saturated heterocycles. The fourth-order valence-electron chi connectivity index (χ4n) is 2.61. The molecule has 1 N–H and O–H groups in total. The van der Waals surface area contributed by atoms with E-state index in [4.69, 9.17) is 4.74 Å². The van der Waals surface area contributed by atoms with Crippen molar-refractivity contribution in [2.75, 3.05) is 39.3 Å². The van der Waals surface area contributed by atoms with Gasteiger partial charge in [0.15, 0.2) is 6.61 Å². The van der Waals surface area contributed by atoms with Gasteiger partial charge in [0.2, 0.25) is 5.91 Å². The van der Waals surface area contributed by atoms with Crippen LogP contribution in [0, 0.1) is 5.82 Å².